The van der Waals surface area contributed by atoms with Crippen molar-refractivity contribution in [3.63, 3.8) is 0 Å². The molecule has 196 valence electrons. The van der Waals surface area contributed by atoms with Crippen molar-refractivity contribution in [1.82, 2.24) is 4.90 Å². The summed E-state index contributed by atoms with van der Waals surface area (Å²) in [6.07, 6.45) is 0. The Bertz CT molecular complexity index is 1450. The summed E-state index contributed by atoms with van der Waals surface area (Å²) in [6, 6.07) is 10.6. The van der Waals surface area contributed by atoms with E-state index in [1.807, 2.05) is 0 Å². The topological polar surface area (TPSA) is 119 Å². The van der Waals surface area contributed by atoms with Crippen molar-refractivity contribution < 1.29 is 33.4 Å². The van der Waals surface area contributed by atoms with E-state index in [0.717, 1.165) is 16.2 Å². The van der Waals surface area contributed by atoms with Gasteiger partial charge in [-0.2, -0.15) is 0 Å². The lowest BCUT2D eigenvalue weighted by molar-refractivity contribution is -0.119. The Hall–Kier alpha value is -4.02. The number of amides is 3. The molecule has 0 atom stereocenters. The fraction of sp³-hybridized carbons (Fsp3) is 0.222. The molecule has 3 amide bonds. The summed E-state index contributed by atoms with van der Waals surface area (Å²) < 4.78 is 10.3. The van der Waals surface area contributed by atoms with Gasteiger partial charge in [0.1, 0.15) is 10.6 Å². The summed E-state index contributed by atoms with van der Waals surface area (Å²) in [7, 11) is 0. The Labute approximate surface area is 227 Å². The summed E-state index contributed by atoms with van der Waals surface area (Å²) >= 11 is 7.09. The first-order valence-electron chi connectivity index (χ1n) is 11.7. The van der Waals surface area contributed by atoms with Gasteiger partial charge in [-0.05, 0) is 56.7 Å². The lowest BCUT2D eigenvalue weighted by atomic mass is 10.0. The lowest BCUT2D eigenvalue weighted by Gasteiger charge is -2.17. The van der Waals surface area contributed by atoms with Crippen molar-refractivity contribution in [2.75, 3.05) is 18.5 Å². The molecule has 1 N–H and O–H groups in total. The Morgan fingerprint density at radius 3 is 2.29 bits per heavy atom. The van der Waals surface area contributed by atoms with Crippen LogP contribution >= 0.6 is 22.9 Å². The van der Waals surface area contributed by atoms with Gasteiger partial charge in [0.25, 0.3) is 17.7 Å². The molecule has 0 saturated carbocycles. The number of hydrogen-bond donors (Lipinski definition) is 1. The number of imide groups is 1. The van der Waals surface area contributed by atoms with E-state index in [-0.39, 0.29) is 39.9 Å². The lowest BCUT2D eigenvalue weighted by Crippen LogP contribution is -2.35. The second kappa shape index (κ2) is 11.2. The zero-order chi connectivity index (χ0) is 27.6. The van der Waals surface area contributed by atoms with Gasteiger partial charge in [-0.3, -0.25) is 19.3 Å². The molecule has 1 aromatic heterocycles. The first kappa shape index (κ1) is 27.0. The molecule has 0 fully saturated rings. The smallest absolute Gasteiger partial charge is 0.341 e. The van der Waals surface area contributed by atoms with Gasteiger partial charge in [-0.1, -0.05) is 23.7 Å². The van der Waals surface area contributed by atoms with Crippen LogP contribution in [-0.2, 0) is 14.3 Å². The van der Waals surface area contributed by atoms with Crippen LogP contribution in [0.5, 0.6) is 0 Å². The third kappa shape index (κ3) is 5.32. The molecule has 1 aliphatic heterocycles. The van der Waals surface area contributed by atoms with Crippen LogP contribution in [0, 0.1) is 0 Å². The van der Waals surface area contributed by atoms with E-state index < -0.39 is 36.3 Å². The highest BCUT2D eigenvalue weighted by Gasteiger charge is 2.37. The molecule has 1 aliphatic rings. The number of rotatable bonds is 8. The largest absolute Gasteiger partial charge is 0.462 e. The summed E-state index contributed by atoms with van der Waals surface area (Å²) in [4.78, 5) is 64.0. The molecule has 4 rings (SSSR count). The number of nitrogens with one attached hydrogen (secondary N) is 1. The number of benzene rings is 2. The fourth-order valence-corrected chi connectivity index (χ4v) is 5.03. The maximum absolute atomic E-state index is 12.7. The predicted octanol–water partition coefficient (Wildman–Crippen LogP) is 5.05. The number of esters is 2. The number of carbonyl (C=O) groups is 5. The average molecular weight is 555 g/mol. The third-order valence-corrected chi connectivity index (χ3v) is 6.83. The van der Waals surface area contributed by atoms with Gasteiger partial charge >= 0.3 is 11.9 Å². The van der Waals surface area contributed by atoms with E-state index in [1.165, 1.54) is 18.2 Å². The van der Waals surface area contributed by atoms with Crippen molar-refractivity contribution in [3.05, 3.63) is 75.1 Å². The van der Waals surface area contributed by atoms with Crippen LogP contribution in [0.15, 0.2) is 47.8 Å². The molecule has 0 saturated heterocycles. The summed E-state index contributed by atoms with van der Waals surface area (Å²) in [5.41, 5.74) is 1.78. The van der Waals surface area contributed by atoms with Crippen molar-refractivity contribution in [3.8, 4) is 11.1 Å². The van der Waals surface area contributed by atoms with Crippen molar-refractivity contribution in [2.45, 2.75) is 26.8 Å². The molecule has 0 unspecified atom stereocenters. The number of hydrogen-bond acceptors (Lipinski definition) is 8. The summed E-state index contributed by atoms with van der Waals surface area (Å²) in [5, 5.41) is 5.09. The Morgan fingerprint density at radius 2 is 1.63 bits per heavy atom. The number of ether oxygens (including phenoxy) is 2. The molecule has 11 heteroatoms. The van der Waals surface area contributed by atoms with Gasteiger partial charge in [0.2, 0.25) is 0 Å². The Morgan fingerprint density at radius 1 is 0.947 bits per heavy atom. The predicted molar refractivity (Wildman–Crippen MR) is 142 cm³/mol. The average Bonchev–Trinajstić information content (AvgIpc) is 3.41. The minimum Gasteiger partial charge on any atom is -0.462 e. The number of fused-ring (bicyclic) bond motifs is 1. The molecule has 3 aromatic rings. The molecule has 2 heterocycles. The molecule has 0 aliphatic carbocycles. The van der Waals surface area contributed by atoms with Gasteiger partial charge in [-0.15, -0.1) is 11.3 Å². The maximum Gasteiger partial charge on any atom is 0.341 e. The molecular formula is C27H23ClN2O7S. The zero-order valence-electron chi connectivity index (χ0n) is 20.7. The first-order chi connectivity index (χ1) is 18.1. The molecule has 0 radical (unpaired) electrons. The second-order valence-corrected chi connectivity index (χ2v) is 9.86. The van der Waals surface area contributed by atoms with E-state index in [0.29, 0.717) is 16.1 Å². The van der Waals surface area contributed by atoms with Gasteiger partial charge in [0, 0.05) is 22.0 Å². The standard InChI is InChI=1S/C27H23ClN2O7S/c1-4-36-27(35)22-20(15-5-8-17(28)9-6-15)13-38-23(22)29-21(31)12-37-26(34)16-7-10-18-19(11-16)25(33)30(14(2)3)24(18)32/h5-11,13-14H,4,12H2,1-3H3,(H,29,31). The van der Waals surface area contributed by atoms with Gasteiger partial charge in [0.05, 0.1) is 23.3 Å². The minimum absolute atomic E-state index is 0.0247. The van der Waals surface area contributed by atoms with Crippen molar-refractivity contribution in [2.24, 2.45) is 0 Å². The molecule has 0 bridgehead atoms. The van der Waals surface area contributed by atoms with Crippen LogP contribution in [0.4, 0.5) is 5.00 Å². The normalized spacial score (nSPS) is 12.5. The van der Waals surface area contributed by atoms with Gasteiger partial charge < -0.3 is 14.8 Å². The van der Waals surface area contributed by atoms with E-state index in [9.17, 15) is 24.0 Å². The van der Waals surface area contributed by atoms with Crippen molar-refractivity contribution in [1.29, 1.82) is 0 Å². The van der Waals surface area contributed by atoms with Crippen LogP contribution < -0.4 is 5.32 Å². The van der Waals surface area contributed by atoms with Gasteiger partial charge in [0.15, 0.2) is 6.61 Å². The Kier molecular flexibility index (Phi) is 7.94. The van der Waals surface area contributed by atoms with E-state index in [4.69, 9.17) is 21.1 Å². The first-order valence-corrected chi connectivity index (χ1v) is 12.9. The number of halogens is 1. The molecule has 38 heavy (non-hydrogen) atoms. The number of thiophene rings is 1. The van der Waals surface area contributed by atoms with E-state index in [1.54, 1.807) is 50.4 Å². The fourth-order valence-electron chi connectivity index (χ4n) is 3.93. The van der Waals surface area contributed by atoms with Crippen LogP contribution in [0.3, 0.4) is 0 Å². The minimum atomic E-state index is -0.843. The van der Waals surface area contributed by atoms with Crippen LogP contribution in [0.2, 0.25) is 5.02 Å². The maximum atomic E-state index is 12.7. The highest BCUT2D eigenvalue weighted by atomic mass is 35.5. The van der Waals surface area contributed by atoms with Crippen LogP contribution in [0.25, 0.3) is 11.1 Å². The molecule has 2 aromatic carbocycles. The molecule has 9 nitrogen and oxygen atoms in total. The molecule has 0 spiro atoms. The number of anilines is 1. The highest BCUT2D eigenvalue weighted by Crippen LogP contribution is 2.36. The third-order valence-electron chi connectivity index (χ3n) is 5.68. The summed E-state index contributed by atoms with van der Waals surface area (Å²) in [6.45, 7) is 4.61. The van der Waals surface area contributed by atoms with E-state index in [2.05, 4.69) is 5.32 Å². The monoisotopic (exact) mass is 554 g/mol. The quantitative estimate of drug-likeness (QED) is 0.306. The summed E-state index contributed by atoms with van der Waals surface area (Å²) in [5.74, 6) is -3.05. The second-order valence-electron chi connectivity index (χ2n) is 8.54. The number of nitrogens with zero attached hydrogens (tertiary/aromatic N) is 1. The van der Waals surface area contributed by atoms with Crippen LogP contribution in [-0.4, -0.2) is 53.8 Å². The van der Waals surface area contributed by atoms with Crippen molar-refractivity contribution >= 4 is 57.6 Å². The van der Waals surface area contributed by atoms with Crippen LogP contribution in [0.1, 0.15) is 62.2 Å². The Balaban J connectivity index is 1.47. The molecular weight excluding hydrogens is 532 g/mol. The van der Waals surface area contributed by atoms with Gasteiger partial charge in [-0.25, -0.2) is 9.59 Å². The highest BCUT2D eigenvalue weighted by molar-refractivity contribution is 7.15. The van der Waals surface area contributed by atoms with E-state index >= 15 is 0 Å². The SMILES string of the molecule is CCOC(=O)c1c(-c2ccc(Cl)cc2)csc1NC(=O)COC(=O)c1ccc2c(c1)C(=O)N(C(C)C)C2=O. The zero-order valence-corrected chi connectivity index (χ0v) is 22.3. The number of carbonyl (C=O) groups excluding carboxylic acids is 5.